The zero-order valence-corrected chi connectivity index (χ0v) is 35.4. The molecule has 14 nitrogen and oxygen atoms in total. The van der Waals surface area contributed by atoms with E-state index >= 15 is 0 Å². The van der Waals surface area contributed by atoms with Gasteiger partial charge in [-0.25, -0.2) is 9.59 Å². The lowest BCUT2D eigenvalue weighted by molar-refractivity contribution is -0.146. The molecule has 3 aromatic carbocycles. The number of unbranched alkanes of at least 4 members (excludes halogenated alkanes) is 4. The molecule has 0 aliphatic carbocycles. The van der Waals surface area contributed by atoms with Crippen LogP contribution in [0, 0.1) is 0 Å². The summed E-state index contributed by atoms with van der Waals surface area (Å²) in [4.78, 5) is 64.4. The summed E-state index contributed by atoms with van der Waals surface area (Å²) in [6, 6.07) is 18.7. The predicted octanol–water partition coefficient (Wildman–Crippen LogP) is 6.96. The van der Waals surface area contributed by atoms with E-state index in [9.17, 15) is 36.3 Å². The molecule has 4 amide bonds. The summed E-state index contributed by atoms with van der Waals surface area (Å²) < 4.78 is 50.7. The second-order valence-electron chi connectivity index (χ2n) is 16.0. The van der Waals surface area contributed by atoms with Gasteiger partial charge in [0.1, 0.15) is 11.6 Å². The molecule has 6 rings (SSSR count). The SMILES string of the molecule is Cn1cc(C2=C(c3cn(CCCCCCOC(=O)C(CCCCNC(=O)OC(C)(C)C)NC(=O)c4ccc(S(=O)(=O)F)cc4)c4ccccc34)C(=O)NC2=O)c2ccccc21. The van der Waals surface area contributed by atoms with E-state index in [1.54, 1.807) is 20.8 Å². The Morgan fingerprint density at radius 2 is 1.39 bits per heavy atom. The highest BCUT2D eigenvalue weighted by molar-refractivity contribution is 7.86. The third kappa shape index (κ3) is 10.9. The Hall–Kier alpha value is -6.29. The lowest BCUT2D eigenvalue weighted by atomic mass is 9.95. The maximum absolute atomic E-state index is 13.4. The number of hydrogen-bond acceptors (Lipinski definition) is 9. The van der Waals surface area contributed by atoms with Crippen molar-refractivity contribution in [1.82, 2.24) is 25.1 Å². The zero-order chi connectivity index (χ0) is 43.9. The summed E-state index contributed by atoms with van der Waals surface area (Å²) in [6.07, 6.45) is 7.25. The largest absolute Gasteiger partial charge is 0.464 e. The van der Waals surface area contributed by atoms with Crippen molar-refractivity contribution < 1.29 is 45.7 Å². The van der Waals surface area contributed by atoms with E-state index in [2.05, 4.69) is 20.5 Å². The third-order valence-electron chi connectivity index (χ3n) is 10.3. The van der Waals surface area contributed by atoms with E-state index in [0.717, 1.165) is 65.3 Å². The van der Waals surface area contributed by atoms with E-state index in [-0.39, 0.29) is 25.1 Å². The number of carbonyl (C=O) groups excluding carboxylic acids is 5. The van der Waals surface area contributed by atoms with Crippen LogP contribution in [0.25, 0.3) is 33.0 Å². The Kier molecular flexibility index (Phi) is 13.8. The number of aromatic nitrogens is 2. The molecule has 1 atom stereocenters. The van der Waals surface area contributed by atoms with Crippen LogP contribution < -0.4 is 16.0 Å². The molecule has 1 aliphatic rings. The van der Waals surface area contributed by atoms with E-state index in [1.807, 2.05) is 72.5 Å². The third-order valence-corrected chi connectivity index (χ3v) is 11.1. The van der Waals surface area contributed by atoms with Crippen LogP contribution in [0.3, 0.4) is 0 Å². The number of nitrogens with zero attached hydrogens (tertiary/aromatic N) is 2. The molecule has 3 heterocycles. The molecule has 61 heavy (non-hydrogen) atoms. The number of ether oxygens (including phenoxy) is 2. The summed E-state index contributed by atoms with van der Waals surface area (Å²) >= 11 is 0. The molecule has 1 aliphatic heterocycles. The highest BCUT2D eigenvalue weighted by atomic mass is 32.3. The minimum atomic E-state index is -4.95. The maximum Gasteiger partial charge on any atom is 0.407 e. The highest BCUT2D eigenvalue weighted by Gasteiger charge is 2.35. The van der Waals surface area contributed by atoms with Gasteiger partial charge in [0.05, 0.1) is 22.6 Å². The van der Waals surface area contributed by atoms with Gasteiger partial charge >= 0.3 is 22.3 Å². The van der Waals surface area contributed by atoms with Gasteiger partial charge in [0.2, 0.25) is 0 Å². The number of amides is 4. The number of esters is 1. The monoisotopic (exact) mass is 855 g/mol. The first-order valence-corrected chi connectivity index (χ1v) is 21.6. The Labute approximate surface area is 353 Å². The van der Waals surface area contributed by atoms with Gasteiger partial charge in [0, 0.05) is 71.0 Å². The minimum absolute atomic E-state index is 0.0290. The van der Waals surface area contributed by atoms with Crippen molar-refractivity contribution >= 4 is 73.0 Å². The number of imide groups is 1. The van der Waals surface area contributed by atoms with E-state index in [4.69, 9.17) is 9.47 Å². The summed E-state index contributed by atoms with van der Waals surface area (Å²) in [5.41, 5.74) is 3.32. The van der Waals surface area contributed by atoms with Crippen LogP contribution in [0.15, 0.2) is 90.1 Å². The van der Waals surface area contributed by atoms with E-state index in [1.165, 1.54) is 0 Å². The summed E-state index contributed by atoms with van der Waals surface area (Å²) in [6.45, 7) is 6.29. The van der Waals surface area contributed by atoms with Crippen LogP contribution in [0.1, 0.15) is 87.2 Å². The Morgan fingerprint density at radius 1 is 0.787 bits per heavy atom. The predicted molar refractivity (Wildman–Crippen MR) is 228 cm³/mol. The van der Waals surface area contributed by atoms with Gasteiger partial charge < -0.3 is 29.2 Å². The van der Waals surface area contributed by atoms with Crippen LogP contribution >= 0.6 is 0 Å². The molecule has 0 saturated carbocycles. The summed E-state index contributed by atoms with van der Waals surface area (Å²) in [5, 5.41) is 9.56. The fraction of sp³-hybridized carbons (Fsp3) is 0.356. The number of para-hydroxylation sites is 2. The van der Waals surface area contributed by atoms with Crippen molar-refractivity contribution in [3.8, 4) is 0 Å². The molecule has 0 bridgehead atoms. The van der Waals surface area contributed by atoms with Crippen LogP contribution in [-0.4, -0.2) is 72.1 Å². The van der Waals surface area contributed by atoms with Crippen LogP contribution in [0.5, 0.6) is 0 Å². The highest BCUT2D eigenvalue weighted by Crippen LogP contribution is 2.39. The smallest absolute Gasteiger partial charge is 0.407 e. The van der Waals surface area contributed by atoms with Gasteiger partial charge in [0.15, 0.2) is 0 Å². The van der Waals surface area contributed by atoms with Gasteiger partial charge in [-0.2, -0.15) is 8.42 Å². The van der Waals surface area contributed by atoms with Gasteiger partial charge in [0.25, 0.3) is 17.7 Å². The minimum Gasteiger partial charge on any atom is -0.464 e. The second kappa shape index (κ2) is 19.0. The van der Waals surface area contributed by atoms with E-state index in [0.29, 0.717) is 48.1 Å². The number of benzene rings is 3. The van der Waals surface area contributed by atoms with Gasteiger partial charge in [-0.3, -0.25) is 19.7 Å². The first-order chi connectivity index (χ1) is 29.0. The molecule has 322 valence electrons. The molecule has 1 unspecified atom stereocenters. The molecular weight excluding hydrogens is 806 g/mol. The average molecular weight is 856 g/mol. The van der Waals surface area contributed by atoms with Crippen molar-refractivity contribution in [3.05, 3.63) is 102 Å². The average Bonchev–Trinajstić information content (AvgIpc) is 3.84. The van der Waals surface area contributed by atoms with E-state index < -0.39 is 56.5 Å². The standard InChI is InChI=1S/C45H50FN5O9S/c1-45(2,3)60-44(56)47-24-12-11-17-35(48-40(52)29-20-22-30(23-21-29)61(46,57)58)43(55)59-26-14-6-5-13-25-51-28-34(32-16-8-10-19-37(32)51)39-38(41(53)49-42(39)54)33-27-50(4)36-18-9-7-15-31(33)36/h7-10,15-16,18-23,27-28,35H,5-6,11-14,17,24-26H2,1-4H3,(H,47,56)(H,48,52)(H,49,53,54). The molecule has 2 aromatic heterocycles. The van der Waals surface area contributed by atoms with Gasteiger partial charge in [-0.1, -0.05) is 42.8 Å². The number of halogens is 1. The fourth-order valence-corrected chi connectivity index (χ4v) is 7.85. The number of carbonyl (C=O) groups is 5. The zero-order valence-electron chi connectivity index (χ0n) is 34.6. The number of hydrogen-bond donors (Lipinski definition) is 3. The second-order valence-corrected chi connectivity index (χ2v) is 17.3. The molecule has 0 saturated heterocycles. The Morgan fingerprint density at radius 3 is 2.05 bits per heavy atom. The lowest BCUT2D eigenvalue weighted by Crippen LogP contribution is -2.42. The lowest BCUT2D eigenvalue weighted by Gasteiger charge is -2.20. The van der Waals surface area contributed by atoms with Crippen LogP contribution in [0.4, 0.5) is 8.68 Å². The quantitative estimate of drug-likeness (QED) is 0.0363. The topological polar surface area (TPSA) is 184 Å². The van der Waals surface area contributed by atoms with Crippen LogP contribution in [0.2, 0.25) is 0 Å². The van der Waals surface area contributed by atoms with Gasteiger partial charge in [-0.05, 0) is 95.7 Å². The van der Waals surface area contributed by atoms with Crippen molar-refractivity contribution in [2.75, 3.05) is 13.2 Å². The summed E-state index contributed by atoms with van der Waals surface area (Å²) in [5.74, 6) is -2.18. The summed E-state index contributed by atoms with van der Waals surface area (Å²) in [7, 11) is -3.04. The number of nitrogens with one attached hydrogen (secondary N) is 3. The van der Waals surface area contributed by atoms with Crippen molar-refractivity contribution in [1.29, 1.82) is 0 Å². The van der Waals surface area contributed by atoms with Crippen molar-refractivity contribution in [2.45, 2.75) is 88.8 Å². The number of fused-ring (bicyclic) bond motifs is 2. The Bertz CT molecular complexity index is 2610. The van der Waals surface area contributed by atoms with Crippen molar-refractivity contribution in [3.63, 3.8) is 0 Å². The molecule has 5 aromatic rings. The Balaban J connectivity index is 1.04. The molecular formula is C45H50FN5O9S. The molecule has 0 radical (unpaired) electrons. The van der Waals surface area contributed by atoms with Crippen molar-refractivity contribution in [2.24, 2.45) is 7.05 Å². The van der Waals surface area contributed by atoms with Crippen LogP contribution in [-0.2, 0) is 47.7 Å². The van der Waals surface area contributed by atoms with Gasteiger partial charge in [-0.15, -0.1) is 3.89 Å². The fourth-order valence-electron chi connectivity index (χ4n) is 7.39. The first kappa shape index (κ1) is 44.3. The molecule has 0 fully saturated rings. The first-order valence-electron chi connectivity index (χ1n) is 20.2. The normalized spacial score (nSPS) is 13.7. The number of alkyl carbamates (subject to hydrolysis) is 1. The maximum atomic E-state index is 13.4. The number of aryl methyl sites for hydroxylation is 2. The molecule has 3 N–H and O–H groups in total. The molecule has 0 spiro atoms. The number of rotatable bonds is 18. The molecule has 16 heteroatoms.